The van der Waals surface area contributed by atoms with Gasteiger partial charge in [-0.25, -0.2) is 4.39 Å². The van der Waals surface area contributed by atoms with E-state index < -0.39 is 11.2 Å². The predicted molar refractivity (Wildman–Crippen MR) is 91.9 cm³/mol. The number of halogens is 1. The van der Waals surface area contributed by atoms with Crippen LogP contribution in [-0.4, -0.2) is 23.8 Å². The van der Waals surface area contributed by atoms with E-state index in [0.717, 1.165) is 16.2 Å². The molecular weight excluding hydrogens is 294 g/mol. The lowest BCUT2D eigenvalue weighted by molar-refractivity contribution is -0.0893. The minimum Gasteiger partial charge on any atom is -0.456 e. The van der Waals surface area contributed by atoms with E-state index in [9.17, 15) is 4.39 Å². The molecule has 0 aliphatic rings. The predicted octanol–water partition coefficient (Wildman–Crippen LogP) is 3.27. The Morgan fingerprint density at radius 1 is 1.00 bits per heavy atom. The Bertz CT molecular complexity index is 862. The fourth-order valence-corrected chi connectivity index (χ4v) is 2.20. The van der Waals surface area contributed by atoms with Gasteiger partial charge in [0.15, 0.2) is 5.60 Å². The Kier molecular flexibility index (Phi) is 3.73. The number of fused-ring (bicyclic) bond motifs is 3. The van der Waals surface area contributed by atoms with Gasteiger partial charge in [0, 0.05) is 24.6 Å². The van der Waals surface area contributed by atoms with Crippen molar-refractivity contribution < 1.29 is 18.6 Å². The highest BCUT2D eigenvalue weighted by molar-refractivity contribution is 6.47. The van der Waals surface area contributed by atoms with Crippen molar-refractivity contribution in [1.29, 1.82) is 0 Å². The summed E-state index contributed by atoms with van der Waals surface area (Å²) in [7, 11) is 1.64. The van der Waals surface area contributed by atoms with Gasteiger partial charge in [-0.15, -0.1) is 0 Å². The van der Waals surface area contributed by atoms with E-state index in [1.807, 2.05) is 45.9 Å². The van der Waals surface area contributed by atoms with Crippen molar-refractivity contribution >= 4 is 34.9 Å². The molecule has 1 radical (unpaired) electrons. The molecule has 0 atom stereocenters. The summed E-state index contributed by atoms with van der Waals surface area (Å²) >= 11 is 0. The number of hydrogen-bond acceptors (Lipinski definition) is 2. The van der Waals surface area contributed by atoms with E-state index in [-0.39, 0.29) is 5.82 Å². The van der Waals surface area contributed by atoms with Crippen molar-refractivity contribution in [3.8, 4) is 0 Å². The van der Waals surface area contributed by atoms with E-state index >= 15 is 0 Å². The zero-order valence-electron chi connectivity index (χ0n) is 13.7. The topological polar surface area (TPSA) is 45.3 Å². The fraction of sp³-hybridized carbons (Fsp3) is 0.333. The quantitative estimate of drug-likeness (QED) is 0.548. The second kappa shape index (κ2) is 5.36. The van der Waals surface area contributed by atoms with E-state index in [1.165, 1.54) is 12.1 Å². The van der Waals surface area contributed by atoms with Crippen LogP contribution in [0.4, 0.5) is 4.39 Å². The van der Waals surface area contributed by atoms with E-state index in [4.69, 9.17) is 14.2 Å². The first-order valence-electron chi connectivity index (χ1n) is 7.55. The van der Waals surface area contributed by atoms with Crippen molar-refractivity contribution in [3.63, 3.8) is 0 Å². The van der Waals surface area contributed by atoms with E-state index in [2.05, 4.69) is 0 Å². The average molecular weight is 314 g/mol. The van der Waals surface area contributed by atoms with Gasteiger partial charge >= 0.3 is 7.48 Å². The summed E-state index contributed by atoms with van der Waals surface area (Å²) in [5.74, 6) is -0.279. The molecule has 0 spiro atoms. The Morgan fingerprint density at radius 2 is 1.74 bits per heavy atom. The standard InChI is InChI=1S/C18H19BFO3/c1-17(2,21)18(3,4)23-19-11-5-7-13-14-10-12(20)6-8-15(14)22-16(13)9-11/h5-10,21H,1-4H3/p+1. The van der Waals surface area contributed by atoms with E-state index in [1.54, 1.807) is 13.5 Å². The fourth-order valence-electron chi connectivity index (χ4n) is 2.20. The number of hydrogen-bond donors (Lipinski definition) is 0. The van der Waals surface area contributed by atoms with Gasteiger partial charge in [0.25, 0.3) is 0 Å². The van der Waals surface area contributed by atoms with Crippen LogP contribution in [0.5, 0.6) is 0 Å². The molecule has 0 amide bonds. The molecule has 2 aromatic carbocycles. The van der Waals surface area contributed by atoms with Gasteiger partial charge < -0.3 is 14.2 Å². The summed E-state index contributed by atoms with van der Waals surface area (Å²) in [5.41, 5.74) is 0.830. The average Bonchev–Trinajstić information content (AvgIpc) is 2.81. The summed E-state index contributed by atoms with van der Waals surface area (Å²) in [4.78, 5) is 0. The van der Waals surface area contributed by atoms with Gasteiger partial charge in [-0.2, -0.15) is 0 Å². The Labute approximate surface area is 135 Å². The van der Waals surface area contributed by atoms with Crippen LogP contribution in [0.25, 0.3) is 21.9 Å². The smallest absolute Gasteiger partial charge is 0.331 e. The SMILES string of the molecule is CC(C)([OH2+])C(C)(C)O[B]c1ccc2c(c1)oc1ccc(F)cc12. The molecule has 3 nitrogen and oxygen atoms in total. The lowest BCUT2D eigenvalue weighted by atomic mass is 9.82. The second-order valence-corrected chi connectivity index (χ2v) is 6.87. The first-order chi connectivity index (χ1) is 10.7. The zero-order valence-corrected chi connectivity index (χ0v) is 13.7. The first kappa shape index (κ1) is 16.0. The molecule has 23 heavy (non-hydrogen) atoms. The van der Waals surface area contributed by atoms with Crippen molar-refractivity contribution in [1.82, 2.24) is 0 Å². The maximum Gasteiger partial charge on any atom is 0.331 e. The maximum atomic E-state index is 13.4. The van der Waals surface area contributed by atoms with Gasteiger partial charge in [0.2, 0.25) is 0 Å². The molecular formula is C18H20BFO3+. The van der Waals surface area contributed by atoms with Crippen LogP contribution in [0, 0.1) is 5.82 Å². The Morgan fingerprint density at radius 3 is 2.43 bits per heavy atom. The molecule has 0 bridgehead atoms. The largest absolute Gasteiger partial charge is 0.456 e. The van der Waals surface area contributed by atoms with Crippen molar-refractivity contribution in [2.24, 2.45) is 0 Å². The molecule has 1 heterocycles. The second-order valence-electron chi connectivity index (χ2n) is 6.87. The lowest BCUT2D eigenvalue weighted by Gasteiger charge is -2.33. The van der Waals surface area contributed by atoms with Crippen LogP contribution in [0.3, 0.4) is 0 Å². The van der Waals surface area contributed by atoms with Gasteiger partial charge in [0.1, 0.15) is 22.6 Å². The van der Waals surface area contributed by atoms with Crippen LogP contribution in [0.1, 0.15) is 27.7 Å². The molecule has 1 aromatic heterocycles. The molecule has 0 fully saturated rings. The normalized spacial score (nSPS) is 13.0. The van der Waals surface area contributed by atoms with Crippen LogP contribution in [0.15, 0.2) is 40.8 Å². The summed E-state index contributed by atoms with van der Waals surface area (Å²) in [6, 6.07) is 10.2. The number of furan rings is 1. The third kappa shape index (κ3) is 2.99. The van der Waals surface area contributed by atoms with Crippen molar-refractivity contribution in [3.05, 3.63) is 42.2 Å². The number of rotatable bonds is 4. The highest BCUT2D eigenvalue weighted by atomic mass is 19.1. The van der Waals surface area contributed by atoms with Crippen LogP contribution in [0.2, 0.25) is 0 Å². The monoisotopic (exact) mass is 314 g/mol. The summed E-state index contributed by atoms with van der Waals surface area (Å²) in [5, 5.41) is 9.76. The highest BCUT2D eigenvalue weighted by Crippen LogP contribution is 2.29. The third-order valence-corrected chi connectivity index (χ3v) is 4.45. The molecule has 0 aliphatic heterocycles. The van der Waals surface area contributed by atoms with Gasteiger partial charge in [-0.3, -0.25) is 0 Å². The van der Waals surface area contributed by atoms with Crippen molar-refractivity contribution in [2.45, 2.75) is 38.9 Å². The Hall–Kier alpha value is -1.85. The summed E-state index contributed by atoms with van der Waals surface area (Å²) in [6.07, 6.45) is 0. The minimum atomic E-state index is -0.732. The molecule has 0 saturated heterocycles. The maximum absolute atomic E-state index is 13.4. The third-order valence-electron chi connectivity index (χ3n) is 4.45. The van der Waals surface area contributed by atoms with Crippen LogP contribution < -0.4 is 5.46 Å². The molecule has 0 unspecified atom stereocenters. The molecule has 0 saturated carbocycles. The Balaban J connectivity index is 1.90. The van der Waals surface area contributed by atoms with Gasteiger partial charge in [-0.1, -0.05) is 12.1 Å². The molecule has 0 aliphatic carbocycles. The lowest BCUT2D eigenvalue weighted by Crippen LogP contribution is -2.49. The zero-order chi connectivity index (χ0) is 16.8. The molecule has 5 heteroatoms. The molecule has 3 rings (SSSR count). The minimum absolute atomic E-state index is 0.279. The van der Waals surface area contributed by atoms with Crippen LogP contribution >= 0.6 is 0 Å². The summed E-state index contributed by atoms with van der Waals surface area (Å²) < 4.78 is 25.0. The number of benzene rings is 2. The van der Waals surface area contributed by atoms with E-state index in [0.29, 0.717) is 11.2 Å². The molecule has 2 N–H and O–H groups in total. The van der Waals surface area contributed by atoms with Crippen molar-refractivity contribution in [2.75, 3.05) is 0 Å². The summed E-state index contributed by atoms with van der Waals surface area (Å²) in [6.45, 7) is 7.41. The van der Waals surface area contributed by atoms with Crippen LogP contribution in [-0.2, 0) is 4.65 Å². The van der Waals surface area contributed by atoms with Gasteiger partial charge in [-0.05, 0) is 43.6 Å². The molecule has 119 valence electrons. The van der Waals surface area contributed by atoms with Gasteiger partial charge in [0.05, 0.1) is 0 Å². The first-order valence-corrected chi connectivity index (χ1v) is 7.55. The molecule has 3 aromatic rings. The highest BCUT2D eigenvalue weighted by Gasteiger charge is 2.40.